The van der Waals surface area contributed by atoms with Gasteiger partial charge in [-0.2, -0.15) is 0 Å². The minimum absolute atomic E-state index is 0.0193. The summed E-state index contributed by atoms with van der Waals surface area (Å²) in [4.78, 5) is 14.2. The molecule has 5 nitrogen and oxygen atoms in total. The number of furan rings is 1. The Kier molecular flexibility index (Phi) is 4.53. The zero-order valence-corrected chi connectivity index (χ0v) is 14.6. The number of aryl methyl sites for hydroxylation is 1. The third kappa shape index (κ3) is 3.26. The largest absolute Gasteiger partial charge is 0.497 e. The predicted molar refractivity (Wildman–Crippen MR) is 93.4 cm³/mol. The van der Waals surface area contributed by atoms with E-state index >= 15 is 0 Å². The predicted octanol–water partition coefficient (Wildman–Crippen LogP) is 3.63. The second-order valence-corrected chi connectivity index (χ2v) is 6.25. The van der Waals surface area contributed by atoms with Crippen LogP contribution in [0.15, 0.2) is 41.1 Å². The van der Waals surface area contributed by atoms with E-state index in [1.54, 1.807) is 25.3 Å². The number of rotatable bonds is 5. The number of aromatic nitrogens is 1. The van der Waals surface area contributed by atoms with Gasteiger partial charge in [0.05, 0.1) is 31.4 Å². The van der Waals surface area contributed by atoms with E-state index in [1.165, 1.54) is 0 Å². The monoisotopic (exact) mass is 346 g/mol. The molecule has 0 bridgehead atoms. The highest BCUT2D eigenvalue weighted by Gasteiger charge is 2.16. The molecule has 1 aromatic carbocycles. The second-order valence-electron chi connectivity index (χ2n) is 5.81. The fourth-order valence-electron chi connectivity index (χ4n) is 2.68. The lowest BCUT2D eigenvalue weighted by Crippen LogP contribution is -2.28. The molecule has 126 valence electrons. The molecule has 0 spiro atoms. The number of amides is 1. The molecule has 3 rings (SSSR count). The van der Waals surface area contributed by atoms with Crippen LogP contribution in [-0.4, -0.2) is 29.5 Å². The maximum Gasteiger partial charge on any atom is 0.227 e. The number of hydrogen-bond acceptors (Lipinski definition) is 3. The van der Waals surface area contributed by atoms with Crippen LogP contribution in [0.3, 0.4) is 0 Å². The van der Waals surface area contributed by atoms with Gasteiger partial charge in [-0.1, -0.05) is 11.6 Å². The fourth-order valence-corrected chi connectivity index (χ4v) is 2.95. The van der Waals surface area contributed by atoms with Crippen LogP contribution in [-0.2, 0) is 24.8 Å². The molecule has 2 heterocycles. The van der Waals surface area contributed by atoms with Crippen molar-refractivity contribution in [3.8, 4) is 5.75 Å². The van der Waals surface area contributed by atoms with Gasteiger partial charge in [0.2, 0.25) is 5.91 Å². The van der Waals surface area contributed by atoms with Gasteiger partial charge in [-0.15, -0.1) is 0 Å². The van der Waals surface area contributed by atoms with Crippen molar-refractivity contribution in [3.05, 3.63) is 53.0 Å². The maximum atomic E-state index is 12.5. The van der Waals surface area contributed by atoms with E-state index in [0.29, 0.717) is 17.2 Å². The van der Waals surface area contributed by atoms with Crippen LogP contribution >= 0.6 is 11.6 Å². The molecule has 0 aliphatic heterocycles. The van der Waals surface area contributed by atoms with Gasteiger partial charge in [0.1, 0.15) is 11.3 Å². The van der Waals surface area contributed by atoms with Gasteiger partial charge in [0.25, 0.3) is 0 Å². The molecule has 24 heavy (non-hydrogen) atoms. The van der Waals surface area contributed by atoms with E-state index in [0.717, 1.165) is 22.4 Å². The van der Waals surface area contributed by atoms with E-state index in [4.69, 9.17) is 20.8 Å². The smallest absolute Gasteiger partial charge is 0.227 e. The molecular weight excluding hydrogens is 328 g/mol. The van der Waals surface area contributed by atoms with Gasteiger partial charge >= 0.3 is 0 Å². The van der Waals surface area contributed by atoms with E-state index in [9.17, 15) is 4.79 Å². The Morgan fingerprint density at radius 3 is 2.83 bits per heavy atom. The van der Waals surface area contributed by atoms with Crippen molar-refractivity contribution in [2.24, 2.45) is 7.05 Å². The zero-order chi connectivity index (χ0) is 17.3. The average molecular weight is 347 g/mol. The molecule has 0 saturated heterocycles. The highest BCUT2D eigenvalue weighted by Crippen LogP contribution is 2.26. The molecule has 0 aliphatic carbocycles. The first-order chi connectivity index (χ1) is 11.5. The quantitative estimate of drug-likeness (QED) is 0.708. The first-order valence-corrected chi connectivity index (χ1v) is 7.94. The minimum atomic E-state index is 0.0193. The Morgan fingerprint density at radius 1 is 1.38 bits per heavy atom. The Morgan fingerprint density at radius 2 is 2.17 bits per heavy atom. The summed E-state index contributed by atoms with van der Waals surface area (Å²) >= 11 is 5.99. The topological polar surface area (TPSA) is 47.6 Å². The van der Waals surface area contributed by atoms with Crippen LogP contribution in [0.25, 0.3) is 11.0 Å². The summed E-state index contributed by atoms with van der Waals surface area (Å²) in [5.41, 5.74) is 2.57. The highest BCUT2D eigenvalue weighted by atomic mass is 35.5. The first kappa shape index (κ1) is 16.5. The fraction of sp³-hybridized carbons (Fsp3) is 0.278. The van der Waals surface area contributed by atoms with Crippen molar-refractivity contribution in [1.82, 2.24) is 9.47 Å². The molecule has 2 aromatic heterocycles. The molecule has 0 fully saturated rings. The number of ether oxygens (including phenoxy) is 1. The summed E-state index contributed by atoms with van der Waals surface area (Å²) in [5, 5.41) is 1.60. The molecule has 6 heteroatoms. The van der Waals surface area contributed by atoms with Crippen molar-refractivity contribution in [3.63, 3.8) is 0 Å². The molecule has 0 N–H and O–H groups in total. The van der Waals surface area contributed by atoms with Crippen LogP contribution in [0.2, 0.25) is 5.02 Å². The molecule has 0 aliphatic rings. The van der Waals surface area contributed by atoms with Gasteiger partial charge in [-0.05, 0) is 18.2 Å². The molecular formula is C18H19ClN2O3. The number of nitrogens with zero attached hydrogens (tertiary/aromatic N) is 2. The van der Waals surface area contributed by atoms with Gasteiger partial charge < -0.3 is 18.6 Å². The van der Waals surface area contributed by atoms with E-state index in [2.05, 4.69) is 0 Å². The van der Waals surface area contributed by atoms with Gasteiger partial charge in [-0.25, -0.2) is 0 Å². The number of fused-ring (bicyclic) bond motifs is 1. The second kappa shape index (κ2) is 6.61. The van der Waals surface area contributed by atoms with Gasteiger partial charge in [0, 0.05) is 43.0 Å². The van der Waals surface area contributed by atoms with Crippen molar-refractivity contribution in [2.45, 2.75) is 13.0 Å². The zero-order valence-electron chi connectivity index (χ0n) is 13.9. The Hall–Kier alpha value is -2.40. The summed E-state index contributed by atoms with van der Waals surface area (Å²) in [6, 6.07) is 7.46. The number of carbonyl (C=O) groups is 1. The number of halogens is 1. The molecule has 1 amide bonds. The van der Waals surface area contributed by atoms with E-state index in [1.807, 2.05) is 42.1 Å². The number of hydrogen-bond donors (Lipinski definition) is 0. The average Bonchev–Trinajstić information content (AvgIpc) is 3.09. The summed E-state index contributed by atoms with van der Waals surface area (Å²) in [6.07, 6.45) is 3.75. The van der Waals surface area contributed by atoms with Crippen LogP contribution in [0.5, 0.6) is 5.75 Å². The van der Waals surface area contributed by atoms with Gasteiger partial charge in [0.15, 0.2) is 0 Å². The van der Waals surface area contributed by atoms with Crippen LogP contribution in [0, 0.1) is 0 Å². The molecule has 3 aromatic rings. The molecule has 0 radical (unpaired) electrons. The van der Waals surface area contributed by atoms with Crippen LogP contribution in [0.4, 0.5) is 0 Å². The van der Waals surface area contributed by atoms with Crippen LogP contribution < -0.4 is 4.74 Å². The van der Waals surface area contributed by atoms with Crippen molar-refractivity contribution in [1.29, 1.82) is 0 Å². The molecule has 0 unspecified atom stereocenters. The third-order valence-corrected chi connectivity index (χ3v) is 4.31. The summed E-state index contributed by atoms with van der Waals surface area (Å²) in [6.45, 7) is 0.506. The summed E-state index contributed by atoms with van der Waals surface area (Å²) in [5.74, 6) is 0.748. The van der Waals surface area contributed by atoms with Crippen LogP contribution in [0.1, 0.15) is 11.3 Å². The first-order valence-electron chi connectivity index (χ1n) is 7.56. The lowest BCUT2D eigenvalue weighted by Gasteiger charge is -2.17. The SMILES string of the molecule is COc1ccc2c(CC(=O)N(C)Cc3cc(Cl)cn3C)coc2c1. The molecule has 0 atom stereocenters. The lowest BCUT2D eigenvalue weighted by molar-refractivity contribution is -0.129. The van der Waals surface area contributed by atoms with E-state index < -0.39 is 0 Å². The summed E-state index contributed by atoms with van der Waals surface area (Å²) < 4.78 is 12.6. The molecule has 0 saturated carbocycles. The Bertz CT molecular complexity index is 882. The van der Waals surface area contributed by atoms with Gasteiger partial charge in [-0.3, -0.25) is 4.79 Å². The van der Waals surface area contributed by atoms with Crippen molar-refractivity contribution >= 4 is 28.5 Å². The van der Waals surface area contributed by atoms with Crippen molar-refractivity contribution in [2.75, 3.05) is 14.2 Å². The Balaban J connectivity index is 1.73. The third-order valence-electron chi connectivity index (χ3n) is 4.10. The number of benzene rings is 1. The minimum Gasteiger partial charge on any atom is -0.497 e. The van der Waals surface area contributed by atoms with E-state index in [-0.39, 0.29) is 12.3 Å². The maximum absolute atomic E-state index is 12.5. The number of likely N-dealkylation sites (N-methyl/N-ethyl adjacent to an activating group) is 1. The number of methoxy groups -OCH3 is 1. The normalized spacial score (nSPS) is 11.0. The number of carbonyl (C=O) groups excluding carboxylic acids is 1. The van der Waals surface area contributed by atoms with Crippen molar-refractivity contribution < 1.29 is 13.9 Å². The summed E-state index contributed by atoms with van der Waals surface area (Å²) in [7, 11) is 5.31. The Labute approximate surface area is 145 Å². The standard InChI is InChI=1S/C18H19ClN2O3/c1-20-9-13(19)7-14(20)10-21(2)18(22)6-12-11-24-17-8-15(23-3)4-5-16(12)17/h4-5,7-9,11H,6,10H2,1-3H3. The highest BCUT2D eigenvalue weighted by molar-refractivity contribution is 6.30. The lowest BCUT2D eigenvalue weighted by atomic mass is 10.1.